The van der Waals surface area contributed by atoms with E-state index in [0.29, 0.717) is 16.4 Å². The number of aryl methyl sites for hydroxylation is 1. The zero-order chi connectivity index (χ0) is 12.0. The van der Waals surface area contributed by atoms with E-state index < -0.39 is 0 Å². The van der Waals surface area contributed by atoms with Crippen molar-refractivity contribution in [2.24, 2.45) is 0 Å². The van der Waals surface area contributed by atoms with Gasteiger partial charge in [-0.25, -0.2) is 4.79 Å². The maximum absolute atomic E-state index is 11.7. The molecule has 0 bridgehead atoms. The molecule has 1 heterocycles. The Labute approximate surface area is 96.9 Å². The average Bonchev–Trinajstić information content (AvgIpc) is 2.34. The topological polar surface area (TPSA) is 50.4 Å². The number of hydrogen-bond acceptors (Lipinski definition) is 3. The molecule has 0 aliphatic carbocycles. The fourth-order valence-electron chi connectivity index (χ4n) is 2.06. The van der Waals surface area contributed by atoms with E-state index in [4.69, 9.17) is 4.42 Å². The van der Waals surface area contributed by atoms with E-state index in [1.54, 1.807) is 24.3 Å². The quantitative estimate of drug-likeness (QED) is 0.473. The van der Waals surface area contributed by atoms with E-state index in [1.807, 2.05) is 19.1 Å². The molecule has 0 spiro atoms. The number of hydrogen-bond donors (Lipinski definition) is 1. The van der Waals surface area contributed by atoms with Gasteiger partial charge >= 0.3 is 5.63 Å². The van der Waals surface area contributed by atoms with E-state index in [-0.39, 0.29) is 11.4 Å². The molecule has 3 nitrogen and oxygen atoms in total. The SMILES string of the molecule is Cc1ccc2oc(=O)c3ccccc3c2c1O. The van der Waals surface area contributed by atoms with Crippen molar-refractivity contribution in [1.82, 2.24) is 0 Å². The lowest BCUT2D eigenvalue weighted by Gasteiger charge is -2.06. The Balaban J connectivity index is 2.71. The van der Waals surface area contributed by atoms with Crippen LogP contribution in [-0.4, -0.2) is 5.11 Å². The van der Waals surface area contributed by atoms with Crippen LogP contribution in [0, 0.1) is 6.92 Å². The number of phenols is 1. The first kappa shape index (κ1) is 9.90. The van der Waals surface area contributed by atoms with Crippen LogP contribution in [0.5, 0.6) is 5.75 Å². The molecular formula is C14H10O3. The van der Waals surface area contributed by atoms with Gasteiger partial charge in [0.2, 0.25) is 0 Å². The number of fused-ring (bicyclic) bond motifs is 3. The summed E-state index contributed by atoms with van der Waals surface area (Å²) in [5, 5.41) is 11.9. The summed E-state index contributed by atoms with van der Waals surface area (Å²) in [5.41, 5.74) is 0.796. The van der Waals surface area contributed by atoms with Crippen molar-refractivity contribution in [3.63, 3.8) is 0 Å². The van der Waals surface area contributed by atoms with E-state index >= 15 is 0 Å². The molecule has 3 aromatic rings. The van der Waals surface area contributed by atoms with Crippen LogP contribution in [0.3, 0.4) is 0 Å². The Kier molecular flexibility index (Phi) is 1.95. The summed E-state index contributed by atoms with van der Waals surface area (Å²) in [7, 11) is 0. The molecule has 0 radical (unpaired) electrons. The average molecular weight is 226 g/mol. The van der Waals surface area contributed by atoms with Gasteiger partial charge in [-0.3, -0.25) is 0 Å². The van der Waals surface area contributed by atoms with Crippen LogP contribution in [0.4, 0.5) is 0 Å². The summed E-state index contributed by atoms with van der Waals surface area (Å²) >= 11 is 0. The fourth-order valence-corrected chi connectivity index (χ4v) is 2.06. The highest BCUT2D eigenvalue weighted by Crippen LogP contribution is 2.32. The van der Waals surface area contributed by atoms with Gasteiger partial charge in [-0.15, -0.1) is 0 Å². The predicted molar refractivity (Wildman–Crippen MR) is 66.4 cm³/mol. The lowest BCUT2D eigenvalue weighted by atomic mass is 10.0. The highest BCUT2D eigenvalue weighted by molar-refractivity contribution is 6.07. The molecule has 0 fully saturated rings. The van der Waals surface area contributed by atoms with E-state index in [0.717, 1.165) is 10.9 Å². The fraction of sp³-hybridized carbons (Fsp3) is 0.0714. The summed E-state index contributed by atoms with van der Waals surface area (Å²) in [6.07, 6.45) is 0. The molecule has 3 rings (SSSR count). The van der Waals surface area contributed by atoms with Gasteiger partial charge < -0.3 is 9.52 Å². The Bertz CT molecular complexity index is 784. The van der Waals surface area contributed by atoms with Crippen molar-refractivity contribution >= 4 is 21.7 Å². The minimum atomic E-state index is -0.378. The van der Waals surface area contributed by atoms with E-state index in [1.165, 1.54) is 0 Å². The highest BCUT2D eigenvalue weighted by Gasteiger charge is 2.11. The van der Waals surface area contributed by atoms with Gasteiger partial charge in [-0.05, 0) is 24.6 Å². The number of aromatic hydroxyl groups is 1. The first-order chi connectivity index (χ1) is 8.18. The second-order valence-electron chi connectivity index (χ2n) is 4.04. The zero-order valence-corrected chi connectivity index (χ0v) is 9.23. The first-order valence-corrected chi connectivity index (χ1v) is 5.32. The number of rotatable bonds is 0. The standard InChI is InChI=1S/C14H10O3/c1-8-6-7-11-12(13(8)15)9-4-2-3-5-10(9)14(16)17-11/h2-7,15H,1H3. The largest absolute Gasteiger partial charge is 0.507 e. The molecule has 84 valence electrons. The van der Waals surface area contributed by atoms with Crippen LogP contribution in [0.1, 0.15) is 5.56 Å². The number of benzene rings is 2. The second-order valence-corrected chi connectivity index (χ2v) is 4.04. The highest BCUT2D eigenvalue weighted by atomic mass is 16.4. The maximum Gasteiger partial charge on any atom is 0.344 e. The predicted octanol–water partition coefficient (Wildman–Crippen LogP) is 2.96. The van der Waals surface area contributed by atoms with Gasteiger partial charge in [0, 0.05) is 5.39 Å². The minimum Gasteiger partial charge on any atom is -0.507 e. The van der Waals surface area contributed by atoms with Gasteiger partial charge in [0.15, 0.2) is 0 Å². The van der Waals surface area contributed by atoms with Crippen LogP contribution in [0.2, 0.25) is 0 Å². The maximum atomic E-state index is 11.7. The lowest BCUT2D eigenvalue weighted by Crippen LogP contribution is -1.99. The molecule has 0 aliphatic heterocycles. The molecule has 0 amide bonds. The van der Waals surface area contributed by atoms with E-state index in [2.05, 4.69) is 0 Å². The van der Waals surface area contributed by atoms with Crippen LogP contribution in [0.25, 0.3) is 21.7 Å². The monoisotopic (exact) mass is 226 g/mol. The normalized spacial score (nSPS) is 11.1. The molecule has 0 atom stereocenters. The van der Waals surface area contributed by atoms with Crippen molar-refractivity contribution in [3.05, 3.63) is 52.4 Å². The molecule has 1 aromatic heterocycles. The summed E-state index contributed by atoms with van der Waals surface area (Å²) in [4.78, 5) is 11.7. The van der Waals surface area contributed by atoms with Crippen molar-refractivity contribution in [2.75, 3.05) is 0 Å². The van der Waals surface area contributed by atoms with Crippen molar-refractivity contribution < 1.29 is 9.52 Å². The summed E-state index contributed by atoms with van der Waals surface area (Å²) in [6, 6.07) is 10.6. The van der Waals surface area contributed by atoms with Crippen LogP contribution >= 0.6 is 0 Å². The molecular weight excluding hydrogens is 216 g/mol. The van der Waals surface area contributed by atoms with Crippen molar-refractivity contribution in [1.29, 1.82) is 0 Å². The smallest absolute Gasteiger partial charge is 0.344 e. The molecule has 0 saturated carbocycles. The molecule has 1 N–H and O–H groups in total. The molecule has 17 heavy (non-hydrogen) atoms. The first-order valence-electron chi connectivity index (χ1n) is 5.32. The van der Waals surface area contributed by atoms with Crippen LogP contribution in [-0.2, 0) is 0 Å². The zero-order valence-electron chi connectivity index (χ0n) is 9.23. The van der Waals surface area contributed by atoms with Gasteiger partial charge in [-0.2, -0.15) is 0 Å². The Hall–Kier alpha value is -2.29. The van der Waals surface area contributed by atoms with Gasteiger partial charge in [0.05, 0.1) is 10.8 Å². The summed E-state index contributed by atoms with van der Waals surface area (Å²) in [6.45, 7) is 1.81. The van der Waals surface area contributed by atoms with Crippen LogP contribution < -0.4 is 5.63 Å². The van der Waals surface area contributed by atoms with Crippen LogP contribution in [0.15, 0.2) is 45.6 Å². The molecule has 0 aliphatic rings. The van der Waals surface area contributed by atoms with Crippen molar-refractivity contribution in [3.8, 4) is 5.75 Å². The number of phenolic OH excluding ortho intramolecular Hbond substituents is 1. The molecule has 3 heteroatoms. The summed E-state index contributed by atoms with van der Waals surface area (Å²) in [5.74, 6) is 0.169. The van der Waals surface area contributed by atoms with Gasteiger partial charge in [0.25, 0.3) is 0 Å². The minimum absolute atomic E-state index is 0.169. The Morgan fingerprint density at radius 3 is 2.53 bits per heavy atom. The molecule has 0 saturated heterocycles. The third-order valence-electron chi connectivity index (χ3n) is 2.96. The van der Waals surface area contributed by atoms with Crippen molar-refractivity contribution in [2.45, 2.75) is 6.92 Å². The third-order valence-corrected chi connectivity index (χ3v) is 2.96. The Morgan fingerprint density at radius 2 is 1.76 bits per heavy atom. The Morgan fingerprint density at radius 1 is 1.06 bits per heavy atom. The third kappa shape index (κ3) is 1.32. The van der Waals surface area contributed by atoms with Gasteiger partial charge in [-0.1, -0.05) is 24.3 Å². The molecule has 2 aromatic carbocycles. The van der Waals surface area contributed by atoms with E-state index in [9.17, 15) is 9.90 Å². The summed E-state index contributed by atoms with van der Waals surface area (Å²) < 4.78 is 5.20. The van der Waals surface area contributed by atoms with Gasteiger partial charge in [0.1, 0.15) is 11.3 Å². The molecule has 0 unspecified atom stereocenters. The lowest BCUT2D eigenvalue weighted by molar-refractivity contribution is 0.475. The second kappa shape index (κ2) is 3.35.